The normalized spacial score (nSPS) is 18.3. The maximum absolute atomic E-state index is 12.9. The standard InChI is InChI=1S/C23H27N3O6/c1-31-16-11-9-15(10-12-16)21(28)24-19-14-26(13-5-8-20(19)27)23(30)25-18-7-4-3-6-17(18)22(29)32-2/h3-4,6-7,9-12,19-20,27H,5,8,13-14H2,1-2H3,(H,24,28)(H,25,30)/t19-,20+/m0/s1. The molecule has 0 spiro atoms. The van der Waals surface area contributed by atoms with E-state index in [1.54, 1.807) is 55.6 Å². The molecule has 2 atom stereocenters. The van der Waals surface area contributed by atoms with Crippen LogP contribution in [0.4, 0.5) is 10.5 Å². The Labute approximate surface area is 186 Å². The van der Waals surface area contributed by atoms with Crippen LogP contribution in [0.3, 0.4) is 0 Å². The molecular weight excluding hydrogens is 414 g/mol. The molecule has 1 saturated heterocycles. The number of benzene rings is 2. The van der Waals surface area contributed by atoms with Crippen LogP contribution in [-0.4, -0.2) is 67.4 Å². The number of carbonyl (C=O) groups excluding carboxylic acids is 3. The smallest absolute Gasteiger partial charge is 0.339 e. The van der Waals surface area contributed by atoms with E-state index in [2.05, 4.69) is 10.6 Å². The van der Waals surface area contributed by atoms with Crippen LogP contribution < -0.4 is 15.4 Å². The van der Waals surface area contributed by atoms with Gasteiger partial charge in [0.05, 0.1) is 37.6 Å². The number of para-hydroxylation sites is 1. The predicted octanol–water partition coefficient (Wildman–Crippen LogP) is 2.27. The fraction of sp³-hybridized carbons (Fsp3) is 0.348. The monoisotopic (exact) mass is 441 g/mol. The van der Waals surface area contributed by atoms with Crippen molar-refractivity contribution >= 4 is 23.6 Å². The van der Waals surface area contributed by atoms with Gasteiger partial charge in [-0.25, -0.2) is 9.59 Å². The summed E-state index contributed by atoms with van der Waals surface area (Å²) in [6, 6.07) is 12.1. The second kappa shape index (κ2) is 10.6. The Hall–Kier alpha value is -3.59. The number of likely N-dealkylation sites (tertiary alicyclic amines) is 1. The van der Waals surface area contributed by atoms with Gasteiger partial charge in [0.15, 0.2) is 0 Å². The van der Waals surface area contributed by atoms with E-state index in [4.69, 9.17) is 9.47 Å². The van der Waals surface area contributed by atoms with Gasteiger partial charge in [-0.3, -0.25) is 4.79 Å². The van der Waals surface area contributed by atoms with Crippen molar-refractivity contribution in [1.82, 2.24) is 10.2 Å². The molecule has 2 aromatic rings. The highest BCUT2D eigenvalue weighted by molar-refractivity contribution is 6.00. The number of esters is 1. The molecule has 0 bridgehead atoms. The Morgan fingerprint density at radius 1 is 1.06 bits per heavy atom. The van der Waals surface area contributed by atoms with Gasteiger partial charge in [-0.2, -0.15) is 0 Å². The van der Waals surface area contributed by atoms with Gasteiger partial charge in [0, 0.05) is 18.7 Å². The van der Waals surface area contributed by atoms with Crippen LogP contribution >= 0.6 is 0 Å². The fourth-order valence-electron chi connectivity index (χ4n) is 3.54. The summed E-state index contributed by atoms with van der Waals surface area (Å²) in [5.41, 5.74) is 0.987. The number of carbonyl (C=O) groups is 3. The van der Waals surface area contributed by atoms with Gasteiger partial charge in [-0.15, -0.1) is 0 Å². The number of rotatable bonds is 5. The van der Waals surface area contributed by atoms with E-state index in [-0.39, 0.29) is 18.0 Å². The number of nitrogens with zero attached hydrogens (tertiary/aromatic N) is 1. The molecular formula is C23H27N3O6. The van der Waals surface area contributed by atoms with Crippen molar-refractivity contribution in [1.29, 1.82) is 0 Å². The van der Waals surface area contributed by atoms with Gasteiger partial charge in [-0.1, -0.05) is 12.1 Å². The topological polar surface area (TPSA) is 117 Å². The lowest BCUT2D eigenvalue weighted by molar-refractivity contribution is 0.0601. The van der Waals surface area contributed by atoms with Crippen molar-refractivity contribution in [2.75, 3.05) is 32.6 Å². The third kappa shape index (κ3) is 5.55. The summed E-state index contributed by atoms with van der Waals surface area (Å²) in [4.78, 5) is 39.1. The van der Waals surface area contributed by atoms with E-state index in [9.17, 15) is 19.5 Å². The molecule has 32 heavy (non-hydrogen) atoms. The van der Waals surface area contributed by atoms with Crippen LogP contribution in [0.25, 0.3) is 0 Å². The number of aliphatic hydroxyl groups excluding tert-OH is 1. The third-order valence-corrected chi connectivity index (χ3v) is 5.34. The molecule has 1 aliphatic heterocycles. The van der Waals surface area contributed by atoms with E-state index < -0.39 is 24.1 Å². The quantitative estimate of drug-likeness (QED) is 0.613. The van der Waals surface area contributed by atoms with Gasteiger partial charge in [0.1, 0.15) is 5.75 Å². The molecule has 9 heteroatoms. The molecule has 3 amide bonds. The zero-order valence-corrected chi connectivity index (χ0v) is 18.0. The molecule has 0 aromatic heterocycles. The maximum atomic E-state index is 12.9. The Kier molecular flexibility index (Phi) is 7.67. The minimum Gasteiger partial charge on any atom is -0.497 e. The molecule has 1 aliphatic rings. The molecule has 0 radical (unpaired) electrons. The van der Waals surface area contributed by atoms with E-state index >= 15 is 0 Å². The van der Waals surface area contributed by atoms with Gasteiger partial charge < -0.3 is 30.1 Å². The van der Waals surface area contributed by atoms with Crippen molar-refractivity contribution in [3.05, 3.63) is 59.7 Å². The molecule has 1 heterocycles. The molecule has 3 rings (SSSR count). The summed E-state index contributed by atoms with van der Waals surface area (Å²) in [5, 5.41) is 16.1. The summed E-state index contributed by atoms with van der Waals surface area (Å²) in [6.45, 7) is 0.521. The number of hydrogen-bond donors (Lipinski definition) is 3. The van der Waals surface area contributed by atoms with Crippen LogP contribution in [0.15, 0.2) is 48.5 Å². The molecule has 0 saturated carbocycles. The van der Waals surface area contributed by atoms with Crippen LogP contribution in [0, 0.1) is 0 Å². The summed E-state index contributed by atoms with van der Waals surface area (Å²) in [7, 11) is 2.81. The number of nitrogens with one attached hydrogen (secondary N) is 2. The highest BCUT2D eigenvalue weighted by atomic mass is 16.5. The van der Waals surface area contributed by atoms with Crippen LogP contribution in [0.5, 0.6) is 5.75 Å². The van der Waals surface area contributed by atoms with E-state index in [0.717, 1.165) is 0 Å². The summed E-state index contributed by atoms with van der Waals surface area (Å²) < 4.78 is 9.86. The first kappa shape index (κ1) is 23.1. The highest BCUT2D eigenvalue weighted by Gasteiger charge is 2.30. The number of ether oxygens (including phenoxy) is 2. The Morgan fingerprint density at radius 3 is 2.47 bits per heavy atom. The van der Waals surface area contributed by atoms with Crippen LogP contribution in [0.1, 0.15) is 33.6 Å². The minimum absolute atomic E-state index is 0.120. The Bertz CT molecular complexity index is 962. The molecule has 2 aromatic carbocycles. The lowest BCUT2D eigenvalue weighted by Gasteiger charge is -2.27. The van der Waals surface area contributed by atoms with Crippen molar-refractivity contribution < 1.29 is 29.0 Å². The molecule has 1 fully saturated rings. The number of urea groups is 1. The number of methoxy groups -OCH3 is 2. The first-order valence-corrected chi connectivity index (χ1v) is 10.3. The first-order chi connectivity index (χ1) is 15.4. The lowest BCUT2D eigenvalue weighted by atomic mass is 10.1. The van der Waals surface area contributed by atoms with Gasteiger partial charge >= 0.3 is 12.0 Å². The van der Waals surface area contributed by atoms with E-state index in [1.807, 2.05) is 0 Å². The van der Waals surface area contributed by atoms with E-state index in [0.29, 0.717) is 36.4 Å². The number of aliphatic hydroxyl groups is 1. The van der Waals surface area contributed by atoms with Crippen LogP contribution in [-0.2, 0) is 4.74 Å². The molecule has 0 unspecified atom stereocenters. The van der Waals surface area contributed by atoms with Gasteiger partial charge in [0.2, 0.25) is 0 Å². The van der Waals surface area contributed by atoms with Gasteiger partial charge in [-0.05, 0) is 49.2 Å². The molecule has 170 valence electrons. The van der Waals surface area contributed by atoms with Crippen molar-refractivity contribution in [3.8, 4) is 5.75 Å². The lowest BCUT2D eigenvalue weighted by Crippen LogP contribution is -2.50. The highest BCUT2D eigenvalue weighted by Crippen LogP contribution is 2.19. The SMILES string of the molecule is COC(=O)c1ccccc1NC(=O)N1CCC[C@@H](O)[C@@H](NC(=O)c2ccc(OC)cc2)C1. The zero-order valence-electron chi connectivity index (χ0n) is 18.0. The van der Waals surface area contributed by atoms with Crippen molar-refractivity contribution in [3.63, 3.8) is 0 Å². The predicted molar refractivity (Wildman–Crippen MR) is 118 cm³/mol. The first-order valence-electron chi connectivity index (χ1n) is 10.3. The largest absolute Gasteiger partial charge is 0.497 e. The third-order valence-electron chi connectivity index (χ3n) is 5.34. The minimum atomic E-state index is -0.794. The summed E-state index contributed by atoms with van der Waals surface area (Å²) in [6.07, 6.45) is 0.218. The summed E-state index contributed by atoms with van der Waals surface area (Å²) >= 11 is 0. The maximum Gasteiger partial charge on any atom is 0.339 e. The van der Waals surface area contributed by atoms with Gasteiger partial charge in [0.25, 0.3) is 5.91 Å². The Morgan fingerprint density at radius 2 is 1.78 bits per heavy atom. The van der Waals surface area contributed by atoms with Crippen LogP contribution in [0.2, 0.25) is 0 Å². The van der Waals surface area contributed by atoms with E-state index in [1.165, 1.54) is 12.0 Å². The average Bonchev–Trinajstić information content (AvgIpc) is 3.00. The summed E-state index contributed by atoms with van der Waals surface area (Å²) in [5.74, 6) is -0.280. The molecule has 3 N–H and O–H groups in total. The second-order valence-electron chi connectivity index (χ2n) is 7.43. The van der Waals surface area contributed by atoms with Crippen molar-refractivity contribution in [2.45, 2.75) is 25.0 Å². The number of hydrogen-bond acceptors (Lipinski definition) is 6. The fourth-order valence-corrected chi connectivity index (χ4v) is 3.54. The second-order valence-corrected chi connectivity index (χ2v) is 7.43. The number of anilines is 1. The number of amides is 3. The molecule has 9 nitrogen and oxygen atoms in total. The Balaban J connectivity index is 1.70. The zero-order chi connectivity index (χ0) is 23.1. The molecule has 0 aliphatic carbocycles. The van der Waals surface area contributed by atoms with Crippen molar-refractivity contribution in [2.24, 2.45) is 0 Å². The average molecular weight is 441 g/mol.